The van der Waals surface area contributed by atoms with E-state index in [0.717, 1.165) is 44.2 Å². The monoisotopic (exact) mass is 280 g/mol. The summed E-state index contributed by atoms with van der Waals surface area (Å²) < 4.78 is 0. The minimum atomic E-state index is 0.291. The molecule has 1 aliphatic rings. The van der Waals surface area contributed by atoms with E-state index in [-0.39, 0.29) is 0 Å². The average molecular weight is 281 g/mol. The summed E-state index contributed by atoms with van der Waals surface area (Å²) >= 11 is 5.90. The Hall–Kier alpha value is -1.06. The van der Waals surface area contributed by atoms with Gasteiger partial charge in [-0.25, -0.2) is 0 Å². The van der Waals surface area contributed by atoms with Crippen LogP contribution in [0.1, 0.15) is 19.8 Å². The van der Waals surface area contributed by atoms with Gasteiger partial charge in [-0.3, -0.25) is 4.90 Å². The fourth-order valence-electron chi connectivity index (χ4n) is 2.43. The van der Waals surface area contributed by atoms with Crippen LogP contribution in [0, 0.1) is 0 Å². The molecule has 4 heteroatoms. The molecule has 0 unspecified atom stereocenters. The van der Waals surface area contributed by atoms with Gasteiger partial charge in [-0.1, -0.05) is 11.6 Å². The highest BCUT2D eigenvalue weighted by molar-refractivity contribution is 6.30. The van der Waals surface area contributed by atoms with Gasteiger partial charge < -0.3 is 9.69 Å². The van der Waals surface area contributed by atoms with Gasteiger partial charge in [-0.2, -0.15) is 0 Å². The number of rotatable bonds is 5. The topological polar surface area (TPSA) is 23.6 Å². The maximum atomic E-state index is 10.9. The molecule has 0 spiro atoms. The number of hydrogen-bond acceptors (Lipinski definition) is 3. The van der Waals surface area contributed by atoms with Crippen LogP contribution in [0.5, 0.6) is 0 Å². The van der Waals surface area contributed by atoms with Gasteiger partial charge in [-0.05, 0) is 44.2 Å². The Labute approximate surface area is 120 Å². The number of anilines is 1. The molecule has 104 valence electrons. The number of nitrogens with zero attached hydrogens (tertiary/aromatic N) is 2. The van der Waals surface area contributed by atoms with E-state index in [9.17, 15) is 4.79 Å². The van der Waals surface area contributed by atoms with Crippen molar-refractivity contribution in [3.05, 3.63) is 29.3 Å². The highest BCUT2D eigenvalue weighted by Gasteiger charge is 2.16. The van der Waals surface area contributed by atoms with E-state index in [1.54, 1.807) is 6.92 Å². The summed E-state index contributed by atoms with van der Waals surface area (Å²) in [6, 6.07) is 8.04. The summed E-state index contributed by atoms with van der Waals surface area (Å²) in [4.78, 5) is 15.7. The summed E-state index contributed by atoms with van der Waals surface area (Å²) in [5.41, 5.74) is 1.24. The van der Waals surface area contributed by atoms with Crippen molar-refractivity contribution >= 4 is 23.1 Å². The zero-order valence-corrected chi connectivity index (χ0v) is 12.2. The van der Waals surface area contributed by atoms with E-state index in [1.807, 2.05) is 12.1 Å². The van der Waals surface area contributed by atoms with Crippen molar-refractivity contribution in [2.45, 2.75) is 19.8 Å². The summed E-state index contributed by atoms with van der Waals surface area (Å²) in [5.74, 6) is 0.291. The average Bonchev–Trinajstić information content (AvgIpc) is 2.40. The zero-order chi connectivity index (χ0) is 13.7. The standard InChI is InChI=1S/C15H21ClN2O/c1-13(19)3-2-8-17-9-11-18(12-10-17)15-6-4-14(16)5-7-15/h4-7H,2-3,8-12H2,1H3. The molecule has 1 heterocycles. The summed E-state index contributed by atoms with van der Waals surface area (Å²) in [6.45, 7) is 6.93. The van der Waals surface area contributed by atoms with Crippen LogP contribution in [0.3, 0.4) is 0 Å². The van der Waals surface area contributed by atoms with Crippen LogP contribution >= 0.6 is 11.6 Å². The second-order valence-electron chi connectivity index (χ2n) is 5.11. The van der Waals surface area contributed by atoms with Crippen molar-refractivity contribution in [1.29, 1.82) is 0 Å². The lowest BCUT2D eigenvalue weighted by atomic mass is 10.2. The molecule has 0 amide bonds. The van der Waals surface area contributed by atoms with E-state index in [2.05, 4.69) is 21.9 Å². The lowest BCUT2D eigenvalue weighted by Crippen LogP contribution is -2.46. The quantitative estimate of drug-likeness (QED) is 0.829. The number of carbonyl (C=O) groups excluding carboxylic acids is 1. The predicted molar refractivity (Wildman–Crippen MR) is 80.0 cm³/mol. The Bertz CT molecular complexity index is 411. The van der Waals surface area contributed by atoms with Gasteiger partial charge in [-0.15, -0.1) is 0 Å². The molecule has 0 bridgehead atoms. The minimum Gasteiger partial charge on any atom is -0.369 e. The van der Waals surface area contributed by atoms with Crippen LogP contribution in [0.25, 0.3) is 0 Å². The van der Waals surface area contributed by atoms with Crippen LogP contribution in [0.2, 0.25) is 5.02 Å². The summed E-state index contributed by atoms with van der Waals surface area (Å²) in [6.07, 6.45) is 1.69. The normalized spacial score (nSPS) is 16.6. The molecular formula is C15H21ClN2O. The van der Waals surface area contributed by atoms with Gasteiger partial charge >= 0.3 is 0 Å². The largest absolute Gasteiger partial charge is 0.369 e. The highest BCUT2D eigenvalue weighted by Crippen LogP contribution is 2.19. The number of benzene rings is 1. The molecule has 0 aromatic heterocycles. The smallest absolute Gasteiger partial charge is 0.129 e. The second kappa shape index (κ2) is 6.92. The van der Waals surface area contributed by atoms with Gasteiger partial charge in [0.1, 0.15) is 5.78 Å². The number of halogens is 1. The second-order valence-corrected chi connectivity index (χ2v) is 5.55. The summed E-state index contributed by atoms with van der Waals surface area (Å²) in [7, 11) is 0. The Kier molecular flexibility index (Phi) is 5.23. The molecular weight excluding hydrogens is 260 g/mol. The van der Waals surface area contributed by atoms with Gasteiger partial charge in [0.15, 0.2) is 0 Å². The van der Waals surface area contributed by atoms with Crippen molar-refractivity contribution in [2.75, 3.05) is 37.6 Å². The molecule has 0 N–H and O–H groups in total. The molecule has 0 aliphatic carbocycles. The molecule has 1 fully saturated rings. The lowest BCUT2D eigenvalue weighted by Gasteiger charge is -2.36. The van der Waals surface area contributed by atoms with Gasteiger partial charge in [0.05, 0.1) is 0 Å². The number of Topliss-reactive ketones (excluding diaryl/α,β-unsaturated/α-hetero) is 1. The van der Waals surface area contributed by atoms with E-state index >= 15 is 0 Å². The Morgan fingerprint density at radius 1 is 1.16 bits per heavy atom. The van der Waals surface area contributed by atoms with Crippen molar-refractivity contribution in [2.24, 2.45) is 0 Å². The van der Waals surface area contributed by atoms with Crippen LogP contribution in [0.15, 0.2) is 24.3 Å². The molecule has 1 aromatic carbocycles. The number of piperazine rings is 1. The van der Waals surface area contributed by atoms with Crippen LogP contribution in [0.4, 0.5) is 5.69 Å². The first kappa shape index (κ1) is 14.4. The van der Waals surface area contributed by atoms with Crippen molar-refractivity contribution in [3.8, 4) is 0 Å². The Morgan fingerprint density at radius 3 is 2.37 bits per heavy atom. The molecule has 0 atom stereocenters. The zero-order valence-electron chi connectivity index (χ0n) is 11.4. The Balaban J connectivity index is 1.76. The van der Waals surface area contributed by atoms with Gasteiger partial charge in [0, 0.05) is 43.3 Å². The predicted octanol–water partition coefficient (Wildman–Crippen LogP) is 2.83. The Morgan fingerprint density at radius 2 is 1.79 bits per heavy atom. The molecule has 1 aromatic rings. The maximum absolute atomic E-state index is 10.9. The molecule has 3 nitrogen and oxygen atoms in total. The molecule has 0 radical (unpaired) electrons. The number of hydrogen-bond donors (Lipinski definition) is 0. The van der Waals surface area contributed by atoms with Crippen LogP contribution in [-0.4, -0.2) is 43.4 Å². The summed E-state index contributed by atoms with van der Waals surface area (Å²) in [5, 5.41) is 0.784. The van der Waals surface area contributed by atoms with Crippen molar-refractivity contribution in [1.82, 2.24) is 4.90 Å². The molecule has 2 rings (SSSR count). The fraction of sp³-hybridized carbons (Fsp3) is 0.533. The van der Waals surface area contributed by atoms with E-state index in [1.165, 1.54) is 5.69 Å². The third kappa shape index (κ3) is 4.51. The first-order chi connectivity index (χ1) is 9.15. The molecule has 1 saturated heterocycles. The van der Waals surface area contributed by atoms with E-state index < -0.39 is 0 Å². The first-order valence-electron chi connectivity index (χ1n) is 6.87. The van der Waals surface area contributed by atoms with Gasteiger partial charge in [0.2, 0.25) is 0 Å². The van der Waals surface area contributed by atoms with E-state index in [4.69, 9.17) is 11.6 Å². The van der Waals surface area contributed by atoms with Crippen molar-refractivity contribution in [3.63, 3.8) is 0 Å². The van der Waals surface area contributed by atoms with Crippen molar-refractivity contribution < 1.29 is 4.79 Å². The third-order valence-corrected chi connectivity index (χ3v) is 3.82. The number of ketones is 1. The first-order valence-corrected chi connectivity index (χ1v) is 7.25. The molecule has 0 saturated carbocycles. The van der Waals surface area contributed by atoms with Crippen LogP contribution < -0.4 is 4.90 Å². The van der Waals surface area contributed by atoms with E-state index in [0.29, 0.717) is 12.2 Å². The number of carbonyl (C=O) groups is 1. The SMILES string of the molecule is CC(=O)CCCN1CCN(c2ccc(Cl)cc2)CC1. The third-order valence-electron chi connectivity index (χ3n) is 3.57. The highest BCUT2D eigenvalue weighted by atomic mass is 35.5. The minimum absolute atomic E-state index is 0.291. The van der Waals surface area contributed by atoms with Crippen LogP contribution in [-0.2, 0) is 4.79 Å². The maximum Gasteiger partial charge on any atom is 0.129 e. The fourth-order valence-corrected chi connectivity index (χ4v) is 2.56. The molecule has 19 heavy (non-hydrogen) atoms. The van der Waals surface area contributed by atoms with Gasteiger partial charge in [0.25, 0.3) is 0 Å². The molecule has 1 aliphatic heterocycles. The lowest BCUT2D eigenvalue weighted by molar-refractivity contribution is -0.117.